The molecule has 1 saturated heterocycles. The molecule has 0 amide bonds. The van der Waals surface area contributed by atoms with E-state index < -0.39 is 0 Å². The van der Waals surface area contributed by atoms with Crippen molar-refractivity contribution in [2.75, 3.05) is 25.6 Å². The quantitative estimate of drug-likeness (QED) is 0.681. The second kappa shape index (κ2) is 4.49. The van der Waals surface area contributed by atoms with E-state index in [0.29, 0.717) is 6.10 Å². The Bertz CT molecular complexity index is 130. The van der Waals surface area contributed by atoms with E-state index in [0.717, 1.165) is 32.0 Å². The summed E-state index contributed by atoms with van der Waals surface area (Å²) in [7, 11) is 0. The van der Waals surface area contributed by atoms with Crippen LogP contribution in [0.5, 0.6) is 0 Å². The number of hydrogen-bond acceptors (Lipinski definition) is 3. The molecule has 12 heavy (non-hydrogen) atoms. The van der Waals surface area contributed by atoms with Crippen LogP contribution in [-0.4, -0.2) is 31.7 Å². The van der Waals surface area contributed by atoms with E-state index in [-0.39, 0.29) is 5.41 Å². The van der Waals surface area contributed by atoms with Crippen molar-refractivity contribution in [1.82, 2.24) is 0 Å². The Morgan fingerprint density at radius 2 is 2.33 bits per heavy atom. The van der Waals surface area contributed by atoms with Crippen LogP contribution in [0.3, 0.4) is 0 Å². The second-order valence-corrected chi connectivity index (χ2v) is 4.44. The first-order valence-electron chi connectivity index (χ1n) is 4.44. The molecule has 1 rings (SSSR count). The molecule has 1 aliphatic rings. The van der Waals surface area contributed by atoms with Crippen LogP contribution in [-0.2, 0) is 9.47 Å². The fraction of sp³-hybridized carbons (Fsp3) is 1.00. The normalized spacial score (nSPS) is 24.8. The molecule has 0 aromatic rings. The van der Waals surface area contributed by atoms with Gasteiger partial charge in [0, 0.05) is 6.61 Å². The van der Waals surface area contributed by atoms with Gasteiger partial charge >= 0.3 is 0 Å². The van der Waals surface area contributed by atoms with Crippen LogP contribution >= 0.6 is 12.6 Å². The van der Waals surface area contributed by atoms with Gasteiger partial charge in [0.15, 0.2) is 0 Å². The monoisotopic (exact) mass is 190 g/mol. The predicted octanol–water partition coefficient (Wildman–Crippen LogP) is 1.75. The lowest BCUT2D eigenvalue weighted by Crippen LogP contribution is -2.25. The molecule has 0 aliphatic carbocycles. The maximum absolute atomic E-state index is 5.68. The molecule has 0 aromatic carbocycles. The summed E-state index contributed by atoms with van der Waals surface area (Å²) in [6, 6.07) is 0. The Labute approximate surface area is 80.0 Å². The van der Waals surface area contributed by atoms with Crippen LogP contribution < -0.4 is 0 Å². The molecule has 0 radical (unpaired) electrons. The highest BCUT2D eigenvalue weighted by atomic mass is 32.1. The zero-order valence-electron chi connectivity index (χ0n) is 7.88. The Kier molecular flexibility index (Phi) is 3.87. The van der Waals surface area contributed by atoms with E-state index in [1.807, 2.05) is 0 Å². The average molecular weight is 190 g/mol. The maximum atomic E-state index is 5.68. The van der Waals surface area contributed by atoms with Gasteiger partial charge < -0.3 is 9.47 Å². The summed E-state index contributed by atoms with van der Waals surface area (Å²) in [4.78, 5) is 0. The first kappa shape index (κ1) is 10.4. The summed E-state index contributed by atoms with van der Waals surface area (Å²) in [6.07, 6.45) is 1.37. The summed E-state index contributed by atoms with van der Waals surface area (Å²) >= 11 is 4.27. The lowest BCUT2D eigenvalue weighted by molar-refractivity contribution is 0.00542. The van der Waals surface area contributed by atoms with E-state index >= 15 is 0 Å². The minimum absolute atomic E-state index is 0.186. The van der Waals surface area contributed by atoms with Crippen molar-refractivity contribution in [1.29, 1.82) is 0 Å². The van der Waals surface area contributed by atoms with Crippen molar-refractivity contribution in [3.8, 4) is 0 Å². The van der Waals surface area contributed by atoms with Gasteiger partial charge in [-0.1, -0.05) is 13.8 Å². The van der Waals surface area contributed by atoms with E-state index in [1.165, 1.54) is 0 Å². The van der Waals surface area contributed by atoms with Gasteiger partial charge in [0.25, 0.3) is 0 Å². The van der Waals surface area contributed by atoms with Crippen LogP contribution in [0, 0.1) is 5.41 Å². The number of thiol groups is 1. The Balaban J connectivity index is 2.15. The van der Waals surface area contributed by atoms with E-state index in [2.05, 4.69) is 26.5 Å². The van der Waals surface area contributed by atoms with Crippen molar-refractivity contribution in [2.45, 2.75) is 26.4 Å². The second-order valence-electron chi connectivity index (χ2n) is 4.12. The van der Waals surface area contributed by atoms with Gasteiger partial charge in [-0.05, 0) is 17.6 Å². The zero-order valence-corrected chi connectivity index (χ0v) is 8.77. The van der Waals surface area contributed by atoms with Gasteiger partial charge in [0.05, 0.1) is 19.3 Å². The van der Waals surface area contributed by atoms with Gasteiger partial charge in [-0.25, -0.2) is 0 Å². The van der Waals surface area contributed by atoms with E-state index in [9.17, 15) is 0 Å². The van der Waals surface area contributed by atoms with Gasteiger partial charge in [-0.3, -0.25) is 0 Å². The summed E-state index contributed by atoms with van der Waals surface area (Å²) in [6.45, 7) is 6.73. The van der Waals surface area contributed by atoms with Crippen molar-refractivity contribution < 1.29 is 9.47 Å². The Morgan fingerprint density at radius 1 is 1.58 bits per heavy atom. The molecule has 3 heteroatoms. The molecule has 0 N–H and O–H groups in total. The molecular weight excluding hydrogens is 172 g/mol. The molecule has 0 aromatic heterocycles. The van der Waals surface area contributed by atoms with Gasteiger partial charge in [-0.2, -0.15) is 12.6 Å². The molecule has 1 heterocycles. The average Bonchev–Trinajstić information content (AvgIpc) is 2.53. The first-order chi connectivity index (χ1) is 5.64. The predicted molar refractivity (Wildman–Crippen MR) is 52.8 cm³/mol. The SMILES string of the molecule is CC(C)(CS)COC1CCOC1. The molecule has 2 nitrogen and oxygen atoms in total. The molecule has 0 saturated carbocycles. The van der Waals surface area contributed by atoms with E-state index in [1.54, 1.807) is 0 Å². The largest absolute Gasteiger partial charge is 0.379 e. The number of rotatable bonds is 4. The van der Waals surface area contributed by atoms with Crippen LogP contribution in [0.15, 0.2) is 0 Å². The summed E-state index contributed by atoms with van der Waals surface area (Å²) < 4.78 is 10.9. The third-order valence-electron chi connectivity index (χ3n) is 2.03. The molecule has 1 fully saturated rings. The number of ether oxygens (including phenoxy) is 2. The van der Waals surface area contributed by atoms with Crippen LogP contribution in [0.4, 0.5) is 0 Å². The topological polar surface area (TPSA) is 18.5 Å². The molecular formula is C9H18O2S. The van der Waals surface area contributed by atoms with Crippen molar-refractivity contribution in [2.24, 2.45) is 5.41 Å². The highest BCUT2D eigenvalue weighted by Crippen LogP contribution is 2.19. The summed E-state index contributed by atoms with van der Waals surface area (Å²) in [5.74, 6) is 0.862. The maximum Gasteiger partial charge on any atom is 0.0830 e. The van der Waals surface area contributed by atoms with E-state index in [4.69, 9.17) is 9.47 Å². The van der Waals surface area contributed by atoms with Gasteiger partial charge in [0.1, 0.15) is 0 Å². The Hall–Kier alpha value is 0.270. The van der Waals surface area contributed by atoms with Crippen LogP contribution in [0.25, 0.3) is 0 Å². The highest BCUT2D eigenvalue weighted by molar-refractivity contribution is 7.80. The smallest absolute Gasteiger partial charge is 0.0830 e. The minimum Gasteiger partial charge on any atom is -0.379 e. The molecule has 0 bridgehead atoms. The molecule has 72 valence electrons. The Morgan fingerprint density at radius 3 is 2.83 bits per heavy atom. The van der Waals surface area contributed by atoms with Crippen LogP contribution in [0.1, 0.15) is 20.3 Å². The highest BCUT2D eigenvalue weighted by Gasteiger charge is 2.21. The molecule has 1 unspecified atom stereocenters. The van der Waals surface area contributed by atoms with Crippen molar-refractivity contribution in [3.05, 3.63) is 0 Å². The number of hydrogen-bond donors (Lipinski definition) is 1. The summed E-state index contributed by atoms with van der Waals surface area (Å²) in [5.41, 5.74) is 0.186. The summed E-state index contributed by atoms with van der Waals surface area (Å²) in [5, 5.41) is 0. The fourth-order valence-corrected chi connectivity index (χ4v) is 1.12. The third kappa shape index (κ3) is 3.33. The zero-order chi connectivity index (χ0) is 9.03. The first-order valence-corrected chi connectivity index (χ1v) is 5.07. The lowest BCUT2D eigenvalue weighted by Gasteiger charge is -2.23. The molecule has 0 spiro atoms. The molecule has 1 atom stereocenters. The van der Waals surface area contributed by atoms with Gasteiger partial charge in [0.2, 0.25) is 0 Å². The van der Waals surface area contributed by atoms with Crippen molar-refractivity contribution in [3.63, 3.8) is 0 Å². The minimum atomic E-state index is 0.186. The molecule has 1 aliphatic heterocycles. The van der Waals surface area contributed by atoms with Crippen molar-refractivity contribution >= 4 is 12.6 Å². The fourth-order valence-electron chi connectivity index (χ4n) is 1.03. The third-order valence-corrected chi connectivity index (χ3v) is 2.88. The van der Waals surface area contributed by atoms with Gasteiger partial charge in [-0.15, -0.1) is 0 Å². The standard InChI is InChI=1S/C9H18O2S/c1-9(2,7-12)6-11-8-3-4-10-5-8/h8,12H,3-7H2,1-2H3. The van der Waals surface area contributed by atoms with Crippen LogP contribution in [0.2, 0.25) is 0 Å². The lowest BCUT2D eigenvalue weighted by atomic mass is 9.98.